The maximum atomic E-state index is 6.40. The molecule has 1 aromatic carbocycles. The van der Waals surface area contributed by atoms with Gasteiger partial charge in [-0.05, 0) is 24.1 Å². The van der Waals surface area contributed by atoms with Crippen molar-refractivity contribution in [3.05, 3.63) is 71.4 Å². The van der Waals surface area contributed by atoms with Gasteiger partial charge in [0, 0.05) is 41.8 Å². The highest BCUT2D eigenvalue weighted by molar-refractivity contribution is 7.18. The standard InChI is InChI=1S/C25H25N5S/c1-17(2)8-9-20-16-31-23-22(20)29-24(19-10-12-27-13-11-19)30-25(23)28-15-21(26)14-18-6-4-3-5-7-18/h3-7,10-13,16-17,21H,14-15,26H2,1-2H3,(H,28,29,30). The van der Waals surface area contributed by atoms with Crippen LogP contribution in [0.4, 0.5) is 5.82 Å². The Morgan fingerprint density at radius 1 is 1.06 bits per heavy atom. The Kier molecular flexibility index (Phi) is 6.56. The lowest BCUT2D eigenvalue weighted by Crippen LogP contribution is -2.31. The molecule has 4 rings (SSSR count). The Bertz CT molecular complexity index is 1210. The second-order valence-electron chi connectivity index (χ2n) is 7.71. The summed E-state index contributed by atoms with van der Waals surface area (Å²) < 4.78 is 0.998. The molecule has 0 amide bonds. The van der Waals surface area contributed by atoms with Crippen molar-refractivity contribution in [1.29, 1.82) is 0 Å². The summed E-state index contributed by atoms with van der Waals surface area (Å²) in [6, 6.07) is 14.1. The molecule has 3 aromatic heterocycles. The smallest absolute Gasteiger partial charge is 0.162 e. The SMILES string of the molecule is CC(C)C#Cc1csc2c(NCC(N)Cc3ccccc3)nc(-c3ccncc3)nc12. The van der Waals surface area contributed by atoms with Crippen LogP contribution in [-0.2, 0) is 6.42 Å². The fourth-order valence-corrected chi connectivity index (χ4v) is 4.10. The molecule has 0 fully saturated rings. The first-order chi connectivity index (χ1) is 15.1. The Labute approximate surface area is 186 Å². The number of thiophene rings is 1. The van der Waals surface area contributed by atoms with E-state index in [1.165, 1.54) is 5.56 Å². The van der Waals surface area contributed by atoms with Crippen LogP contribution in [0, 0.1) is 17.8 Å². The summed E-state index contributed by atoms with van der Waals surface area (Å²) in [6.07, 6.45) is 4.30. The first-order valence-electron chi connectivity index (χ1n) is 10.3. The van der Waals surface area contributed by atoms with Crippen molar-refractivity contribution in [3.8, 4) is 23.2 Å². The van der Waals surface area contributed by atoms with E-state index in [0.29, 0.717) is 18.3 Å². The summed E-state index contributed by atoms with van der Waals surface area (Å²) in [6.45, 7) is 4.78. The van der Waals surface area contributed by atoms with Crippen molar-refractivity contribution in [1.82, 2.24) is 15.0 Å². The molecule has 0 saturated heterocycles. The predicted octanol–water partition coefficient (Wildman–Crippen LogP) is 4.74. The molecule has 1 unspecified atom stereocenters. The highest BCUT2D eigenvalue weighted by atomic mass is 32.1. The maximum absolute atomic E-state index is 6.40. The number of nitrogens with one attached hydrogen (secondary N) is 1. The monoisotopic (exact) mass is 427 g/mol. The number of rotatable bonds is 6. The molecule has 5 nitrogen and oxygen atoms in total. The van der Waals surface area contributed by atoms with E-state index in [1.54, 1.807) is 23.7 Å². The van der Waals surface area contributed by atoms with E-state index in [0.717, 1.165) is 33.6 Å². The number of fused-ring (bicyclic) bond motifs is 1. The lowest BCUT2D eigenvalue weighted by molar-refractivity contribution is 0.698. The van der Waals surface area contributed by atoms with Gasteiger partial charge in [0.25, 0.3) is 0 Å². The molecule has 0 bridgehead atoms. The third-order valence-corrected chi connectivity index (χ3v) is 5.70. The Morgan fingerprint density at radius 2 is 1.84 bits per heavy atom. The van der Waals surface area contributed by atoms with Gasteiger partial charge in [-0.3, -0.25) is 4.98 Å². The summed E-state index contributed by atoms with van der Waals surface area (Å²) in [7, 11) is 0. The van der Waals surface area contributed by atoms with Crippen molar-refractivity contribution >= 4 is 27.4 Å². The minimum atomic E-state index is -0.0306. The zero-order chi connectivity index (χ0) is 21.6. The number of benzene rings is 1. The van der Waals surface area contributed by atoms with E-state index in [1.807, 2.05) is 30.3 Å². The molecule has 156 valence electrons. The zero-order valence-corrected chi connectivity index (χ0v) is 18.5. The fourth-order valence-electron chi connectivity index (χ4n) is 3.20. The highest BCUT2D eigenvalue weighted by Gasteiger charge is 2.15. The summed E-state index contributed by atoms with van der Waals surface area (Å²) in [5, 5.41) is 5.52. The van der Waals surface area contributed by atoms with Crippen LogP contribution in [-0.4, -0.2) is 27.5 Å². The number of anilines is 1. The van der Waals surface area contributed by atoms with Crippen LogP contribution in [0.15, 0.2) is 60.2 Å². The molecular weight excluding hydrogens is 402 g/mol. The molecule has 0 aliphatic rings. The topological polar surface area (TPSA) is 76.7 Å². The Hall–Kier alpha value is -3.27. The summed E-state index contributed by atoms with van der Waals surface area (Å²) >= 11 is 1.61. The molecule has 6 heteroatoms. The quantitative estimate of drug-likeness (QED) is 0.435. The molecule has 0 radical (unpaired) electrons. The molecule has 0 spiro atoms. The second-order valence-corrected chi connectivity index (χ2v) is 8.59. The number of nitrogens with two attached hydrogens (primary N) is 1. The molecule has 0 saturated carbocycles. The molecule has 3 N–H and O–H groups in total. The molecular formula is C25H25N5S. The fraction of sp³-hybridized carbons (Fsp3) is 0.240. The van der Waals surface area contributed by atoms with Gasteiger partial charge in [-0.1, -0.05) is 56.0 Å². The Balaban J connectivity index is 1.65. The number of hydrogen-bond donors (Lipinski definition) is 2. The van der Waals surface area contributed by atoms with Gasteiger partial charge in [0.2, 0.25) is 0 Å². The average Bonchev–Trinajstić information content (AvgIpc) is 3.20. The summed E-state index contributed by atoms with van der Waals surface area (Å²) in [4.78, 5) is 13.8. The second kappa shape index (κ2) is 9.69. The van der Waals surface area contributed by atoms with Crippen LogP contribution < -0.4 is 11.1 Å². The lowest BCUT2D eigenvalue weighted by Gasteiger charge is -2.14. The minimum absolute atomic E-state index is 0.0306. The van der Waals surface area contributed by atoms with Crippen LogP contribution in [0.3, 0.4) is 0 Å². The van der Waals surface area contributed by atoms with Crippen molar-refractivity contribution in [3.63, 3.8) is 0 Å². The van der Waals surface area contributed by atoms with E-state index in [4.69, 9.17) is 15.7 Å². The van der Waals surface area contributed by atoms with Gasteiger partial charge in [-0.25, -0.2) is 9.97 Å². The third kappa shape index (κ3) is 5.26. The van der Waals surface area contributed by atoms with Gasteiger partial charge in [0.1, 0.15) is 11.3 Å². The molecule has 0 aliphatic heterocycles. The van der Waals surface area contributed by atoms with Crippen LogP contribution in [0.1, 0.15) is 25.0 Å². The van der Waals surface area contributed by atoms with E-state index in [9.17, 15) is 0 Å². The average molecular weight is 428 g/mol. The van der Waals surface area contributed by atoms with Crippen molar-refractivity contribution in [2.75, 3.05) is 11.9 Å². The van der Waals surface area contributed by atoms with E-state index >= 15 is 0 Å². The van der Waals surface area contributed by atoms with Gasteiger partial charge in [-0.15, -0.1) is 11.3 Å². The molecule has 31 heavy (non-hydrogen) atoms. The number of aromatic nitrogens is 3. The highest BCUT2D eigenvalue weighted by Crippen LogP contribution is 2.32. The largest absolute Gasteiger partial charge is 0.367 e. The Morgan fingerprint density at radius 3 is 2.58 bits per heavy atom. The number of hydrogen-bond acceptors (Lipinski definition) is 6. The molecule has 0 aliphatic carbocycles. The third-order valence-electron chi connectivity index (χ3n) is 4.72. The molecule has 1 atom stereocenters. The van der Waals surface area contributed by atoms with Crippen LogP contribution >= 0.6 is 11.3 Å². The minimum Gasteiger partial charge on any atom is -0.367 e. The van der Waals surface area contributed by atoms with Crippen LogP contribution in [0.25, 0.3) is 21.6 Å². The number of pyridine rings is 1. The lowest BCUT2D eigenvalue weighted by atomic mass is 10.1. The first kappa shape index (κ1) is 21.0. The van der Waals surface area contributed by atoms with E-state index < -0.39 is 0 Å². The van der Waals surface area contributed by atoms with Gasteiger partial charge in [0.15, 0.2) is 5.82 Å². The molecule has 4 aromatic rings. The van der Waals surface area contributed by atoms with Crippen molar-refractivity contribution in [2.45, 2.75) is 26.3 Å². The summed E-state index contributed by atoms with van der Waals surface area (Å²) in [5.41, 5.74) is 10.4. The van der Waals surface area contributed by atoms with Gasteiger partial charge < -0.3 is 11.1 Å². The van der Waals surface area contributed by atoms with Gasteiger partial charge in [0.05, 0.1) is 10.3 Å². The van der Waals surface area contributed by atoms with Crippen molar-refractivity contribution < 1.29 is 0 Å². The van der Waals surface area contributed by atoms with Crippen molar-refractivity contribution in [2.24, 2.45) is 11.7 Å². The number of nitrogens with zero attached hydrogens (tertiary/aromatic N) is 3. The van der Waals surface area contributed by atoms with Crippen LogP contribution in [0.5, 0.6) is 0 Å². The zero-order valence-electron chi connectivity index (χ0n) is 17.7. The summed E-state index contributed by atoms with van der Waals surface area (Å²) in [5.74, 6) is 8.26. The normalized spacial score (nSPS) is 11.9. The molecule has 3 heterocycles. The van der Waals surface area contributed by atoms with Crippen LogP contribution in [0.2, 0.25) is 0 Å². The van der Waals surface area contributed by atoms with Gasteiger partial charge in [-0.2, -0.15) is 0 Å². The maximum Gasteiger partial charge on any atom is 0.162 e. The van der Waals surface area contributed by atoms with E-state index in [2.05, 4.69) is 53.5 Å². The first-order valence-corrected chi connectivity index (χ1v) is 11.2. The van der Waals surface area contributed by atoms with Gasteiger partial charge >= 0.3 is 0 Å². The van der Waals surface area contributed by atoms with E-state index in [-0.39, 0.29) is 6.04 Å². The predicted molar refractivity (Wildman–Crippen MR) is 129 cm³/mol.